The zero-order valence-corrected chi connectivity index (χ0v) is 10.1. The van der Waals surface area contributed by atoms with Gasteiger partial charge in [-0.25, -0.2) is 8.42 Å². The predicted molar refractivity (Wildman–Crippen MR) is 60.6 cm³/mol. The van der Waals surface area contributed by atoms with Crippen molar-refractivity contribution < 1.29 is 13.5 Å². The minimum absolute atomic E-state index is 0.514. The number of halogens is 1. The van der Waals surface area contributed by atoms with Crippen LogP contribution in [0, 0.1) is 6.92 Å². The molecule has 3 nitrogen and oxygen atoms in total. The van der Waals surface area contributed by atoms with Crippen LogP contribution in [0.15, 0.2) is 24.3 Å². The molecule has 1 aromatic rings. The molecule has 0 aliphatic carbocycles. The molecule has 0 spiro atoms. The van der Waals surface area contributed by atoms with Gasteiger partial charge in [0.1, 0.15) is 6.10 Å². The van der Waals surface area contributed by atoms with Crippen LogP contribution in [0.5, 0.6) is 0 Å². The molecule has 0 saturated carbocycles. The molecule has 84 valence electrons. The molecule has 1 aromatic carbocycles. The van der Waals surface area contributed by atoms with Crippen molar-refractivity contribution in [1.29, 1.82) is 0 Å². The second kappa shape index (κ2) is 4.51. The van der Waals surface area contributed by atoms with E-state index in [9.17, 15) is 13.5 Å². The molecule has 0 aromatic heterocycles. The lowest BCUT2D eigenvalue weighted by molar-refractivity contribution is 0.192. The van der Waals surface area contributed by atoms with E-state index in [1.54, 1.807) is 18.2 Å². The maximum absolute atomic E-state index is 11.1. The molecule has 0 saturated heterocycles. The molecule has 5 heteroatoms. The van der Waals surface area contributed by atoms with E-state index in [1.807, 2.05) is 13.0 Å². The molecule has 0 unspecified atom stereocenters. The number of rotatable bonds is 3. The van der Waals surface area contributed by atoms with Crippen molar-refractivity contribution in [2.75, 3.05) is 6.26 Å². The smallest absolute Gasteiger partial charge is 0.167 e. The Labute approximate surface area is 94.6 Å². The number of aliphatic hydroxyl groups is 1. The fraction of sp³-hybridized carbons (Fsp3) is 0.400. The van der Waals surface area contributed by atoms with Crippen LogP contribution >= 0.6 is 11.6 Å². The summed E-state index contributed by atoms with van der Waals surface area (Å²) in [5, 5.41) is 9.74. The van der Waals surface area contributed by atoms with Crippen LogP contribution in [0.2, 0.25) is 0 Å². The number of aryl methyl sites for hydroxylation is 1. The molecule has 0 bridgehead atoms. The summed E-state index contributed by atoms with van der Waals surface area (Å²) in [4.78, 5) is 0. The summed E-state index contributed by atoms with van der Waals surface area (Å²) in [5.74, 6) is 0. The van der Waals surface area contributed by atoms with Crippen molar-refractivity contribution in [2.45, 2.75) is 17.7 Å². The first-order chi connectivity index (χ1) is 6.82. The minimum atomic E-state index is -3.45. The minimum Gasteiger partial charge on any atom is -0.386 e. The molecule has 0 heterocycles. The van der Waals surface area contributed by atoms with E-state index < -0.39 is 20.7 Å². The Morgan fingerprint density at radius 3 is 2.47 bits per heavy atom. The lowest BCUT2D eigenvalue weighted by atomic mass is 10.1. The number of alkyl halides is 1. The van der Waals surface area contributed by atoms with Gasteiger partial charge in [-0.1, -0.05) is 29.8 Å². The Kier molecular flexibility index (Phi) is 3.76. The summed E-state index contributed by atoms with van der Waals surface area (Å²) in [6, 6.07) is 6.98. The van der Waals surface area contributed by atoms with Gasteiger partial charge in [0.15, 0.2) is 14.5 Å². The number of hydrogen-bond donors (Lipinski definition) is 1. The van der Waals surface area contributed by atoms with Gasteiger partial charge in [0.05, 0.1) is 0 Å². The summed E-state index contributed by atoms with van der Waals surface area (Å²) in [6.45, 7) is 1.86. The number of hydrogen-bond acceptors (Lipinski definition) is 3. The Morgan fingerprint density at radius 1 is 1.40 bits per heavy atom. The third-order valence-electron chi connectivity index (χ3n) is 2.04. The van der Waals surface area contributed by atoms with Gasteiger partial charge in [-0.3, -0.25) is 0 Å². The molecule has 0 aliphatic heterocycles. The van der Waals surface area contributed by atoms with Gasteiger partial charge in [-0.2, -0.15) is 0 Å². The van der Waals surface area contributed by atoms with Crippen LogP contribution in [0.3, 0.4) is 0 Å². The zero-order chi connectivity index (χ0) is 11.6. The van der Waals surface area contributed by atoms with Gasteiger partial charge in [0, 0.05) is 6.26 Å². The Morgan fingerprint density at radius 2 is 2.00 bits per heavy atom. The molecule has 0 fully saturated rings. The highest BCUT2D eigenvalue weighted by Gasteiger charge is 2.27. The molecule has 1 rings (SSSR count). The fourth-order valence-corrected chi connectivity index (χ4v) is 2.01. The van der Waals surface area contributed by atoms with Gasteiger partial charge in [0.25, 0.3) is 0 Å². The van der Waals surface area contributed by atoms with Crippen molar-refractivity contribution in [2.24, 2.45) is 0 Å². The average molecular weight is 249 g/mol. The van der Waals surface area contributed by atoms with Crippen LogP contribution in [-0.2, 0) is 9.84 Å². The molecule has 2 atom stereocenters. The van der Waals surface area contributed by atoms with Gasteiger partial charge < -0.3 is 5.11 Å². The topological polar surface area (TPSA) is 54.4 Å². The molecular weight excluding hydrogens is 236 g/mol. The van der Waals surface area contributed by atoms with Crippen molar-refractivity contribution in [3.05, 3.63) is 35.4 Å². The number of aliphatic hydroxyl groups excluding tert-OH is 1. The van der Waals surface area contributed by atoms with E-state index in [4.69, 9.17) is 11.6 Å². The van der Waals surface area contributed by atoms with Gasteiger partial charge in [-0.15, -0.1) is 11.6 Å². The summed E-state index contributed by atoms with van der Waals surface area (Å²) < 4.78 is 21.0. The van der Waals surface area contributed by atoms with Gasteiger partial charge in [0.2, 0.25) is 0 Å². The third-order valence-corrected chi connectivity index (χ3v) is 4.33. The fourth-order valence-electron chi connectivity index (χ4n) is 1.24. The van der Waals surface area contributed by atoms with Crippen LogP contribution in [0.4, 0.5) is 0 Å². The number of benzene rings is 1. The second-order valence-electron chi connectivity index (χ2n) is 3.54. The van der Waals surface area contributed by atoms with Crippen molar-refractivity contribution >= 4 is 21.4 Å². The largest absolute Gasteiger partial charge is 0.386 e. The summed E-state index contributed by atoms with van der Waals surface area (Å²) in [5.41, 5.74) is 1.46. The molecule has 0 aliphatic rings. The Bertz CT molecular complexity index is 442. The summed E-state index contributed by atoms with van der Waals surface area (Å²) in [7, 11) is -3.45. The van der Waals surface area contributed by atoms with E-state index in [-0.39, 0.29) is 0 Å². The van der Waals surface area contributed by atoms with Crippen LogP contribution in [-0.4, -0.2) is 24.5 Å². The van der Waals surface area contributed by atoms with Crippen molar-refractivity contribution in [3.8, 4) is 0 Å². The third kappa shape index (κ3) is 3.19. The molecule has 15 heavy (non-hydrogen) atoms. The second-order valence-corrected chi connectivity index (χ2v) is 6.44. The SMILES string of the molecule is Cc1cccc([C@@H](O)[C@@H](Cl)S(C)(=O)=O)c1. The Hall–Kier alpha value is -0.580. The van der Waals surface area contributed by atoms with E-state index in [0.29, 0.717) is 5.56 Å². The summed E-state index contributed by atoms with van der Waals surface area (Å²) >= 11 is 5.66. The maximum Gasteiger partial charge on any atom is 0.167 e. The highest BCUT2D eigenvalue weighted by atomic mass is 35.5. The van der Waals surface area contributed by atoms with E-state index in [1.165, 1.54) is 0 Å². The van der Waals surface area contributed by atoms with E-state index >= 15 is 0 Å². The van der Waals surface area contributed by atoms with Crippen LogP contribution in [0.1, 0.15) is 17.2 Å². The van der Waals surface area contributed by atoms with Gasteiger partial charge in [-0.05, 0) is 12.5 Å². The molecule has 0 amide bonds. The monoisotopic (exact) mass is 248 g/mol. The normalized spacial score (nSPS) is 16.0. The first kappa shape index (κ1) is 12.5. The van der Waals surface area contributed by atoms with E-state index in [0.717, 1.165) is 11.8 Å². The lowest BCUT2D eigenvalue weighted by Crippen LogP contribution is -2.21. The highest BCUT2D eigenvalue weighted by Crippen LogP contribution is 2.25. The average Bonchev–Trinajstić information content (AvgIpc) is 2.14. The zero-order valence-electron chi connectivity index (χ0n) is 8.51. The van der Waals surface area contributed by atoms with E-state index in [2.05, 4.69) is 0 Å². The highest BCUT2D eigenvalue weighted by molar-refractivity contribution is 7.92. The van der Waals surface area contributed by atoms with Gasteiger partial charge >= 0.3 is 0 Å². The van der Waals surface area contributed by atoms with Crippen LogP contribution in [0.25, 0.3) is 0 Å². The van der Waals surface area contributed by atoms with Crippen molar-refractivity contribution in [3.63, 3.8) is 0 Å². The van der Waals surface area contributed by atoms with Crippen LogP contribution < -0.4 is 0 Å². The maximum atomic E-state index is 11.1. The summed E-state index contributed by atoms with van der Waals surface area (Å²) in [6.07, 6.45) is -0.189. The molecule has 0 radical (unpaired) electrons. The predicted octanol–water partition coefficient (Wildman–Crippen LogP) is 1.64. The Balaban J connectivity index is 3.00. The lowest BCUT2D eigenvalue weighted by Gasteiger charge is -2.15. The molecule has 1 N–H and O–H groups in total. The molecular formula is C10H13ClO3S. The quantitative estimate of drug-likeness (QED) is 0.828. The number of sulfone groups is 1. The standard InChI is InChI=1S/C10H13ClO3S/c1-7-4-3-5-8(6-7)9(12)10(11)15(2,13)14/h3-6,9-10,12H,1-2H3/t9-,10+/m1/s1. The first-order valence-electron chi connectivity index (χ1n) is 4.40. The first-order valence-corrected chi connectivity index (χ1v) is 6.79. The van der Waals surface area contributed by atoms with Crippen molar-refractivity contribution in [1.82, 2.24) is 0 Å².